The van der Waals surface area contributed by atoms with Gasteiger partial charge in [-0.1, -0.05) is 13.8 Å². The highest BCUT2D eigenvalue weighted by Gasteiger charge is 2.40. The maximum absolute atomic E-state index is 12.2. The predicted octanol–water partition coefficient (Wildman–Crippen LogP) is 0.914. The van der Waals surface area contributed by atoms with E-state index < -0.39 is 0 Å². The summed E-state index contributed by atoms with van der Waals surface area (Å²) in [6, 6.07) is -0.328. The van der Waals surface area contributed by atoms with Gasteiger partial charge in [0, 0.05) is 19.6 Å². The zero-order valence-electron chi connectivity index (χ0n) is 12.0. The number of rotatable bonds is 2. The minimum atomic E-state index is -0.328. The first-order valence-electron chi connectivity index (χ1n) is 7.16. The number of nitrogens with zero attached hydrogens (tertiary/aromatic N) is 2. The normalized spacial score (nSPS) is 25.9. The topological polar surface area (TPSA) is 49.6 Å². The molecule has 1 spiro atoms. The lowest BCUT2D eigenvalue weighted by molar-refractivity contribution is -0.135. The van der Waals surface area contributed by atoms with Crippen LogP contribution in [0.5, 0.6) is 0 Å². The van der Waals surface area contributed by atoms with Crippen LogP contribution in [0, 0.1) is 11.3 Å². The second-order valence-corrected chi connectivity index (χ2v) is 6.58. The molecule has 1 amide bonds. The Morgan fingerprint density at radius 3 is 2.17 bits per heavy atom. The van der Waals surface area contributed by atoms with Crippen LogP contribution >= 0.6 is 0 Å². The maximum Gasteiger partial charge on any atom is 0.239 e. The third-order valence-corrected chi connectivity index (χ3v) is 4.77. The van der Waals surface area contributed by atoms with E-state index in [2.05, 4.69) is 11.9 Å². The smallest absolute Gasteiger partial charge is 0.239 e. The lowest BCUT2D eigenvalue weighted by Gasteiger charge is -2.40. The van der Waals surface area contributed by atoms with Crippen LogP contribution in [0.2, 0.25) is 0 Å². The van der Waals surface area contributed by atoms with Crippen LogP contribution < -0.4 is 5.73 Å². The first kappa shape index (κ1) is 13.8. The molecule has 0 aromatic heterocycles. The number of likely N-dealkylation sites (tertiary alicyclic amines) is 2. The van der Waals surface area contributed by atoms with Gasteiger partial charge in [0.2, 0.25) is 5.91 Å². The quantitative estimate of drug-likeness (QED) is 0.796. The van der Waals surface area contributed by atoms with Crippen molar-refractivity contribution in [2.45, 2.75) is 39.2 Å². The molecule has 2 rings (SSSR count). The molecule has 104 valence electrons. The Kier molecular flexibility index (Phi) is 3.97. The summed E-state index contributed by atoms with van der Waals surface area (Å²) >= 11 is 0. The zero-order valence-corrected chi connectivity index (χ0v) is 12.0. The molecule has 4 nitrogen and oxygen atoms in total. The number of hydrogen-bond acceptors (Lipinski definition) is 3. The number of amides is 1. The van der Waals surface area contributed by atoms with E-state index >= 15 is 0 Å². The summed E-state index contributed by atoms with van der Waals surface area (Å²) in [5, 5.41) is 0. The van der Waals surface area contributed by atoms with Crippen molar-refractivity contribution < 1.29 is 4.79 Å². The van der Waals surface area contributed by atoms with Crippen molar-refractivity contribution in [3.63, 3.8) is 0 Å². The molecule has 2 aliphatic rings. The summed E-state index contributed by atoms with van der Waals surface area (Å²) in [6.07, 6.45) is 3.59. The van der Waals surface area contributed by atoms with E-state index in [1.54, 1.807) is 0 Å². The highest BCUT2D eigenvalue weighted by molar-refractivity contribution is 5.82. The summed E-state index contributed by atoms with van der Waals surface area (Å²) in [5.41, 5.74) is 6.44. The second kappa shape index (κ2) is 5.17. The molecule has 2 N–H and O–H groups in total. The summed E-state index contributed by atoms with van der Waals surface area (Å²) < 4.78 is 0. The first-order valence-corrected chi connectivity index (χ1v) is 7.16. The third-order valence-electron chi connectivity index (χ3n) is 4.77. The zero-order chi connectivity index (χ0) is 13.3. The fraction of sp³-hybridized carbons (Fsp3) is 0.929. The Morgan fingerprint density at radius 1 is 1.17 bits per heavy atom. The van der Waals surface area contributed by atoms with E-state index in [9.17, 15) is 4.79 Å². The van der Waals surface area contributed by atoms with Gasteiger partial charge in [-0.05, 0) is 44.2 Å². The molecule has 2 aliphatic heterocycles. The van der Waals surface area contributed by atoms with Gasteiger partial charge >= 0.3 is 0 Å². The number of nitrogens with two attached hydrogens (primary N) is 1. The highest BCUT2D eigenvalue weighted by atomic mass is 16.2. The summed E-state index contributed by atoms with van der Waals surface area (Å²) in [5.74, 6) is 0.372. The van der Waals surface area contributed by atoms with Crippen LogP contribution in [0.1, 0.15) is 33.1 Å². The number of hydrogen-bond donors (Lipinski definition) is 1. The molecule has 4 heteroatoms. The van der Waals surface area contributed by atoms with E-state index in [1.807, 2.05) is 18.7 Å². The van der Waals surface area contributed by atoms with Crippen LogP contribution in [0.3, 0.4) is 0 Å². The molecular weight excluding hydrogens is 226 g/mol. The molecular formula is C14H27N3O. The fourth-order valence-corrected chi connectivity index (χ4v) is 3.26. The minimum Gasteiger partial charge on any atom is -0.341 e. The van der Waals surface area contributed by atoms with E-state index in [0.717, 1.165) is 25.9 Å². The van der Waals surface area contributed by atoms with Crippen LogP contribution in [0.25, 0.3) is 0 Å². The largest absolute Gasteiger partial charge is 0.341 e. The molecule has 0 aromatic rings. The van der Waals surface area contributed by atoms with Gasteiger partial charge in [-0.25, -0.2) is 0 Å². The van der Waals surface area contributed by atoms with Crippen LogP contribution in [0.15, 0.2) is 0 Å². The monoisotopic (exact) mass is 253 g/mol. The Hall–Kier alpha value is -0.610. The van der Waals surface area contributed by atoms with Gasteiger partial charge < -0.3 is 15.5 Å². The summed E-state index contributed by atoms with van der Waals surface area (Å²) in [7, 11) is 2.20. The van der Waals surface area contributed by atoms with Crippen molar-refractivity contribution in [1.29, 1.82) is 0 Å². The van der Waals surface area contributed by atoms with Gasteiger partial charge in [-0.15, -0.1) is 0 Å². The van der Waals surface area contributed by atoms with E-state index in [1.165, 1.54) is 19.5 Å². The fourth-order valence-electron chi connectivity index (χ4n) is 3.26. The molecule has 0 aliphatic carbocycles. The van der Waals surface area contributed by atoms with Crippen molar-refractivity contribution >= 4 is 5.91 Å². The van der Waals surface area contributed by atoms with Crippen molar-refractivity contribution in [2.75, 3.05) is 33.2 Å². The highest BCUT2D eigenvalue weighted by Crippen LogP contribution is 2.39. The Morgan fingerprint density at radius 2 is 1.72 bits per heavy atom. The van der Waals surface area contributed by atoms with Crippen molar-refractivity contribution in [3.8, 4) is 0 Å². The van der Waals surface area contributed by atoms with Crippen molar-refractivity contribution in [1.82, 2.24) is 9.80 Å². The van der Waals surface area contributed by atoms with Crippen molar-refractivity contribution in [2.24, 2.45) is 17.1 Å². The average Bonchev–Trinajstić information content (AvgIpc) is 2.70. The van der Waals surface area contributed by atoms with Crippen LogP contribution in [-0.4, -0.2) is 55.0 Å². The van der Waals surface area contributed by atoms with Gasteiger partial charge in [0.15, 0.2) is 0 Å². The summed E-state index contributed by atoms with van der Waals surface area (Å²) in [6.45, 7) is 8.23. The van der Waals surface area contributed by atoms with Crippen molar-refractivity contribution in [3.05, 3.63) is 0 Å². The predicted molar refractivity (Wildman–Crippen MR) is 73.2 cm³/mol. The molecule has 2 heterocycles. The lowest BCUT2D eigenvalue weighted by atomic mass is 9.77. The SMILES string of the molecule is CC(C)C(N)C(=O)N1CCC2(CCN(C)C2)CC1. The summed E-state index contributed by atoms with van der Waals surface area (Å²) in [4.78, 5) is 16.6. The van der Waals surface area contributed by atoms with E-state index in [0.29, 0.717) is 5.41 Å². The Balaban J connectivity index is 1.89. The van der Waals surface area contributed by atoms with Gasteiger partial charge in [0.05, 0.1) is 6.04 Å². The molecule has 1 unspecified atom stereocenters. The van der Waals surface area contributed by atoms with E-state index in [-0.39, 0.29) is 17.9 Å². The Labute approximate surface area is 110 Å². The van der Waals surface area contributed by atoms with Gasteiger partial charge in [0.25, 0.3) is 0 Å². The second-order valence-electron chi connectivity index (χ2n) is 6.58. The van der Waals surface area contributed by atoms with E-state index in [4.69, 9.17) is 5.73 Å². The maximum atomic E-state index is 12.2. The van der Waals surface area contributed by atoms with Gasteiger partial charge in [-0.2, -0.15) is 0 Å². The molecule has 0 bridgehead atoms. The third kappa shape index (κ3) is 2.69. The molecule has 0 aromatic carbocycles. The molecule has 0 saturated carbocycles. The van der Waals surface area contributed by atoms with Gasteiger partial charge in [-0.3, -0.25) is 4.79 Å². The first-order chi connectivity index (χ1) is 8.43. The lowest BCUT2D eigenvalue weighted by Crippen LogP contribution is -2.51. The molecule has 2 fully saturated rings. The average molecular weight is 253 g/mol. The van der Waals surface area contributed by atoms with Crippen LogP contribution in [-0.2, 0) is 4.79 Å². The number of carbonyl (C=O) groups is 1. The molecule has 2 saturated heterocycles. The van der Waals surface area contributed by atoms with Gasteiger partial charge in [0.1, 0.15) is 0 Å². The standard InChI is InChI=1S/C14H27N3O/c1-11(2)12(15)13(18)17-8-5-14(6-9-17)4-7-16(3)10-14/h11-12H,4-10,15H2,1-3H3. The van der Waals surface area contributed by atoms with Crippen LogP contribution in [0.4, 0.5) is 0 Å². The molecule has 1 atom stereocenters. The number of carbonyl (C=O) groups excluding carboxylic acids is 1. The molecule has 0 radical (unpaired) electrons. The Bertz CT molecular complexity index is 308. The molecule has 18 heavy (non-hydrogen) atoms. The minimum absolute atomic E-state index is 0.145. The number of piperidine rings is 1.